The second kappa shape index (κ2) is 9.85. The highest BCUT2D eigenvalue weighted by atomic mass is 19.1. The molecule has 2 aromatic carbocycles. The van der Waals surface area contributed by atoms with E-state index >= 15 is 0 Å². The third kappa shape index (κ3) is 5.05. The van der Waals surface area contributed by atoms with Crippen LogP contribution in [0.4, 0.5) is 4.39 Å². The Hall–Kier alpha value is -3.68. The van der Waals surface area contributed by atoms with Crippen molar-refractivity contribution in [1.82, 2.24) is 19.7 Å². The molecule has 7 nitrogen and oxygen atoms in total. The van der Waals surface area contributed by atoms with Crippen molar-refractivity contribution in [2.75, 3.05) is 13.6 Å². The van der Waals surface area contributed by atoms with E-state index in [4.69, 9.17) is 4.42 Å². The number of unbranched alkanes of at least 4 members (excludes halogenated alkanes) is 2. The molecule has 4 rings (SSSR count). The molecular weight excluding hydrogens is 423 g/mol. The molecule has 0 saturated carbocycles. The van der Waals surface area contributed by atoms with Crippen LogP contribution in [0.1, 0.15) is 37.9 Å². The number of fused-ring (bicyclic) bond motifs is 1. The van der Waals surface area contributed by atoms with Crippen molar-refractivity contribution >= 4 is 17.0 Å². The Kier molecular flexibility index (Phi) is 6.72. The second-order valence-electron chi connectivity index (χ2n) is 8.24. The summed E-state index contributed by atoms with van der Waals surface area (Å²) < 4.78 is 20.1. The van der Waals surface area contributed by atoms with Crippen LogP contribution in [0.2, 0.25) is 0 Å². The number of aromatic amines is 1. The fourth-order valence-electron chi connectivity index (χ4n) is 4.02. The van der Waals surface area contributed by atoms with Crippen molar-refractivity contribution in [1.29, 1.82) is 0 Å². The molecule has 0 aliphatic heterocycles. The number of amides is 1. The maximum Gasteiger partial charge on any atom is 0.420 e. The Balaban J connectivity index is 1.25. The van der Waals surface area contributed by atoms with Gasteiger partial charge in [-0.05, 0) is 56.5 Å². The summed E-state index contributed by atoms with van der Waals surface area (Å²) in [5, 5.41) is 7.28. The van der Waals surface area contributed by atoms with Gasteiger partial charge in [-0.25, -0.2) is 9.18 Å². The van der Waals surface area contributed by atoms with E-state index in [1.165, 1.54) is 16.7 Å². The number of hydrogen-bond acceptors (Lipinski definition) is 4. The van der Waals surface area contributed by atoms with Crippen LogP contribution >= 0.6 is 0 Å². The van der Waals surface area contributed by atoms with Crippen LogP contribution in [0.15, 0.2) is 63.8 Å². The van der Waals surface area contributed by atoms with Crippen molar-refractivity contribution in [2.45, 2.75) is 38.6 Å². The summed E-state index contributed by atoms with van der Waals surface area (Å²) >= 11 is 0. The van der Waals surface area contributed by atoms with Crippen LogP contribution in [-0.2, 0) is 11.2 Å². The first-order chi connectivity index (χ1) is 15.9. The van der Waals surface area contributed by atoms with Gasteiger partial charge in [0.2, 0.25) is 5.91 Å². The van der Waals surface area contributed by atoms with Crippen LogP contribution < -0.4 is 5.76 Å². The van der Waals surface area contributed by atoms with Crippen LogP contribution in [-0.4, -0.2) is 39.2 Å². The number of likely N-dealkylation sites (N-methyl/N-ethyl adjacent to an activating group) is 1. The van der Waals surface area contributed by atoms with Gasteiger partial charge in [0.15, 0.2) is 5.58 Å². The number of benzene rings is 2. The number of halogens is 1. The van der Waals surface area contributed by atoms with Gasteiger partial charge in [-0.15, -0.1) is 0 Å². The average molecular weight is 451 g/mol. The summed E-state index contributed by atoms with van der Waals surface area (Å²) in [7, 11) is 1.76. The quantitative estimate of drug-likeness (QED) is 0.379. The molecule has 172 valence electrons. The third-order valence-electron chi connectivity index (χ3n) is 5.83. The van der Waals surface area contributed by atoms with Crippen molar-refractivity contribution in [3.63, 3.8) is 0 Å². The molecule has 1 atom stereocenters. The number of nitrogens with one attached hydrogen (secondary N) is 1. The molecule has 0 bridgehead atoms. The van der Waals surface area contributed by atoms with Gasteiger partial charge in [0.1, 0.15) is 11.9 Å². The number of carbonyl (C=O) groups is 1. The molecule has 0 aliphatic rings. The summed E-state index contributed by atoms with van der Waals surface area (Å²) in [6, 6.07) is 14.8. The van der Waals surface area contributed by atoms with Crippen molar-refractivity contribution < 1.29 is 13.6 Å². The largest absolute Gasteiger partial charge is 0.420 e. The Morgan fingerprint density at radius 1 is 1.15 bits per heavy atom. The zero-order chi connectivity index (χ0) is 23.4. The van der Waals surface area contributed by atoms with E-state index in [2.05, 4.69) is 10.2 Å². The zero-order valence-corrected chi connectivity index (χ0v) is 18.8. The van der Waals surface area contributed by atoms with E-state index in [0.717, 1.165) is 42.6 Å². The summed E-state index contributed by atoms with van der Waals surface area (Å²) in [5.74, 6) is -0.935. The molecule has 1 unspecified atom stereocenters. The van der Waals surface area contributed by atoms with E-state index in [1.54, 1.807) is 43.1 Å². The highest BCUT2D eigenvalue weighted by molar-refractivity contribution is 5.82. The van der Waals surface area contributed by atoms with Gasteiger partial charge in [0.05, 0.1) is 11.2 Å². The molecular formula is C25H27FN4O3. The maximum absolute atomic E-state index is 13.4. The fourth-order valence-corrected chi connectivity index (χ4v) is 4.02. The lowest BCUT2D eigenvalue weighted by Gasteiger charge is -2.21. The molecule has 4 aromatic rings. The first kappa shape index (κ1) is 22.5. The van der Waals surface area contributed by atoms with E-state index < -0.39 is 11.8 Å². The highest BCUT2D eigenvalue weighted by Gasteiger charge is 2.23. The number of nitrogens with zero attached hydrogens (tertiary/aromatic N) is 3. The van der Waals surface area contributed by atoms with E-state index in [1.807, 2.05) is 18.2 Å². The predicted molar refractivity (Wildman–Crippen MR) is 124 cm³/mol. The standard InChI is InChI=1S/C25H27FN4O3/c1-17(30-22-12-5-6-13-23(22)33-25(30)32)24(31)29(2)14-7-3-4-11-20-16-21(28-27-20)18-9-8-10-19(26)15-18/h5-6,8-10,12-13,15-17H,3-4,7,11,14H2,1-2H3,(H,27,28). The number of oxazole rings is 1. The molecule has 33 heavy (non-hydrogen) atoms. The lowest BCUT2D eigenvalue weighted by atomic mass is 10.1. The molecule has 0 aliphatic carbocycles. The molecule has 0 radical (unpaired) electrons. The molecule has 0 fully saturated rings. The van der Waals surface area contributed by atoms with Gasteiger partial charge in [0.25, 0.3) is 0 Å². The summed E-state index contributed by atoms with van der Waals surface area (Å²) in [6.07, 6.45) is 3.55. The normalized spacial score (nSPS) is 12.2. The number of para-hydroxylation sites is 2. The smallest absolute Gasteiger partial charge is 0.408 e. The molecule has 0 spiro atoms. The molecule has 8 heteroatoms. The van der Waals surface area contributed by atoms with Crippen molar-refractivity contribution in [3.05, 3.63) is 76.7 Å². The molecule has 0 saturated heterocycles. The van der Waals surface area contributed by atoms with Gasteiger partial charge < -0.3 is 9.32 Å². The summed E-state index contributed by atoms with van der Waals surface area (Å²) in [6.45, 7) is 2.32. The Morgan fingerprint density at radius 3 is 2.79 bits per heavy atom. The highest BCUT2D eigenvalue weighted by Crippen LogP contribution is 2.20. The second-order valence-corrected chi connectivity index (χ2v) is 8.24. The lowest BCUT2D eigenvalue weighted by Crippen LogP contribution is -2.36. The predicted octanol–water partition coefficient (Wildman–Crippen LogP) is 4.56. The van der Waals surface area contributed by atoms with Crippen LogP contribution in [0, 0.1) is 5.82 Å². The number of aryl methyl sites for hydroxylation is 1. The zero-order valence-electron chi connectivity index (χ0n) is 18.8. The SMILES string of the molecule is CC(C(=O)N(C)CCCCCc1cc(-c2cccc(F)c2)n[nH]1)n1c(=O)oc2ccccc21. The maximum atomic E-state index is 13.4. The number of carbonyl (C=O) groups excluding carboxylic acids is 1. The first-order valence-corrected chi connectivity index (χ1v) is 11.1. The topological polar surface area (TPSA) is 84.1 Å². The molecule has 2 aromatic heterocycles. The fraction of sp³-hybridized carbons (Fsp3) is 0.320. The van der Waals surface area contributed by atoms with Crippen LogP contribution in [0.25, 0.3) is 22.4 Å². The van der Waals surface area contributed by atoms with Crippen molar-refractivity contribution in [3.8, 4) is 11.3 Å². The third-order valence-corrected chi connectivity index (χ3v) is 5.83. The lowest BCUT2D eigenvalue weighted by molar-refractivity contribution is -0.133. The number of hydrogen-bond donors (Lipinski definition) is 1. The Labute approximate surface area is 190 Å². The summed E-state index contributed by atoms with van der Waals surface area (Å²) in [5.41, 5.74) is 3.57. The van der Waals surface area contributed by atoms with Gasteiger partial charge in [-0.2, -0.15) is 5.10 Å². The monoisotopic (exact) mass is 450 g/mol. The van der Waals surface area contributed by atoms with Gasteiger partial charge >= 0.3 is 5.76 Å². The molecule has 1 amide bonds. The van der Waals surface area contributed by atoms with Gasteiger partial charge in [-0.3, -0.25) is 14.5 Å². The first-order valence-electron chi connectivity index (χ1n) is 11.1. The minimum absolute atomic E-state index is 0.128. The van der Waals surface area contributed by atoms with Crippen LogP contribution in [0.3, 0.4) is 0 Å². The van der Waals surface area contributed by atoms with Gasteiger partial charge in [0, 0.05) is 24.8 Å². The number of aromatic nitrogens is 3. The Morgan fingerprint density at radius 2 is 1.97 bits per heavy atom. The minimum atomic E-state index is -0.641. The van der Waals surface area contributed by atoms with E-state index in [-0.39, 0.29) is 11.7 Å². The number of rotatable bonds is 9. The molecule has 1 N–H and O–H groups in total. The van der Waals surface area contributed by atoms with E-state index in [0.29, 0.717) is 17.6 Å². The molecule has 2 heterocycles. The summed E-state index contributed by atoms with van der Waals surface area (Å²) in [4.78, 5) is 26.8. The van der Waals surface area contributed by atoms with Crippen LogP contribution in [0.5, 0.6) is 0 Å². The Bertz CT molecular complexity index is 1310. The van der Waals surface area contributed by atoms with E-state index in [9.17, 15) is 14.0 Å². The van der Waals surface area contributed by atoms with Gasteiger partial charge in [-0.1, -0.05) is 30.7 Å². The average Bonchev–Trinajstić information content (AvgIpc) is 3.41. The van der Waals surface area contributed by atoms with Crippen molar-refractivity contribution in [2.24, 2.45) is 0 Å². The number of H-pyrrole nitrogens is 1. The minimum Gasteiger partial charge on any atom is -0.408 e.